The molecule has 0 saturated carbocycles. The third-order valence-corrected chi connectivity index (χ3v) is 3.05. The van der Waals surface area contributed by atoms with Gasteiger partial charge in [-0.05, 0) is 12.1 Å². The molecule has 1 N–H and O–H groups in total. The first-order chi connectivity index (χ1) is 8.43. The number of halogens is 3. The van der Waals surface area contributed by atoms with Gasteiger partial charge in [0.1, 0.15) is 5.75 Å². The van der Waals surface area contributed by atoms with Crippen molar-refractivity contribution in [3.63, 3.8) is 0 Å². The number of rotatable bonds is 1. The van der Waals surface area contributed by atoms with E-state index in [0.29, 0.717) is 10.9 Å². The maximum absolute atomic E-state index is 12.7. The van der Waals surface area contributed by atoms with Crippen LogP contribution in [0.25, 0.3) is 10.4 Å². The number of thiazole rings is 1. The van der Waals surface area contributed by atoms with Crippen molar-refractivity contribution in [3.8, 4) is 22.3 Å². The highest BCUT2D eigenvalue weighted by Crippen LogP contribution is 2.42. The summed E-state index contributed by atoms with van der Waals surface area (Å²) >= 11 is 1.08. The van der Waals surface area contributed by atoms with E-state index in [4.69, 9.17) is 5.26 Å². The number of nitriles is 1. The Morgan fingerprint density at radius 3 is 2.56 bits per heavy atom. The molecule has 92 valence electrons. The molecule has 0 radical (unpaired) electrons. The fourth-order valence-corrected chi connectivity index (χ4v) is 2.09. The van der Waals surface area contributed by atoms with E-state index in [-0.39, 0.29) is 11.1 Å². The van der Waals surface area contributed by atoms with Crippen molar-refractivity contribution in [2.75, 3.05) is 0 Å². The van der Waals surface area contributed by atoms with Crippen molar-refractivity contribution < 1.29 is 18.3 Å². The molecule has 1 heterocycles. The van der Waals surface area contributed by atoms with Crippen molar-refractivity contribution in [2.24, 2.45) is 0 Å². The van der Waals surface area contributed by atoms with Gasteiger partial charge in [-0.1, -0.05) is 0 Å². The van der Waals surface area contributed by atoms with Gasteiger partial charge in [0.2, 0.25) is 0 Å². The lowest BCUT2D eigenvalue weighted by molar-refractivity contribution is -0.138. The van der Waals surface area contributed by atoms with Crippen LogP contribution in [-0.2, 0) is 6.18 Å². The molecule has 0 aliphatic heterocycles. The lowest BCUT2D eigenvalue weighted by Crippen LogP contribution is -2.06. The molecule has 7 heteroatoms. The molecule has 1 aromatic carbocycles. The molecule has 1 aromatic heterocycles. The van der Waals surface area contributed by atoms with E-state index in [1.165, 1.54) is 17.8 Å². The number of hydrogen-bond donors (Lipinski definition) is 1. The zero-order chi connectivity index (χ0) is 13.3. The number of nitrogens with zero attached hydrogens (tertiary/aromatic N) is 2. The summed E-state index contributed by atoms with van der Waals surface area (Å²) in [5, 5.41) is 18.4. The van der Waals surface area contributed by atoms with Crippen LogP contribution in [0.2, 0.25) is 0 Å². The second kappa shape index (κ2) is 4.31. The summed E-state index contributed by atoms with van der Waals surface area (Å²) in [4.78, 5) is 4.10. The largest absolute Gasteiger partial charge is 0.507 e. The number of hydrogen-bond acceptors (Lipinski definition) is 4. The number of aromatic hydroxyl groups is 1. The number of phenolic OH excluding ortho intramolecular Hbond substituents is 1. The monoisotopic (exact) mass is 270 g/mol. The first kappa shape index (κ1) is 12.4. The van der Waals surface area contributed by atoms with Gasteiger partial charge in [-0.15, -0.1) is 11.3 Å². The van der Waals surface area contributed by atoms with Gasteiger partial charge in [-0.2, -0.15) is 18.4 Å². The fraction of sp³-hybridized carbons (Fsp3) is 0.0909. The second-order valence-corrected chi connectivity index (χ2v) is 4.28. The summed E-state index contributed by atoms with van der Waals surface area (Å²) < 4.78 is 38.1. The van der Waals surface area contributed by atoms with Crippen LogP contribution < -0.4 is 0 Å². The lowest BCUT2D eigenvalue weighted by Gasteiger charge is -2.12. The second-order valence-electron chi connectivity index (χ2n) is 3.40. The van der Waals surface area contributed by atoms with Gasteiger partial charge in [0, 0.05) is 11.8 Å². The fourth-order valence-electron chi connectivity index (χ4n) is 1.45. The highest BCUT2D eigenvalue weighted by Gasteiger charge is 2.35. The standard InChI is InChI=1S/C11H5F3N2OS/c12-11(13,14)8-2-6(3-15)1-7(10(8)17)9-4-16-5-18-9/h1-2,4-5,17H. The number of phenols is 1. The Morgan fingerprint density at radius 2 is 2.06 bits per heavy atom. The molecule has 2 aromatic rings. The van der Waals surface area contributed by atoms with Gasteiger partial charge in [-0.3, -0.25) is 4.98 Å². The number of benzene rings is 1. The quantitative estimate of drug-likeness (QED) is 0.863. The molecule has 3 nitrogen and oxygen atoms in total. The maximum atomic E-state index is 12.7. The minimum atomic E-state index is -4.71. The minimum Gasteiger partial charge on any atom is -0.507 e. The van der Waals surface area contributed by atoms with Crippen LogP contribution in [0.1, 0.15) is 11.1 Å². The molecular formula is C11H5F3N2OS. The maximum Gasteiger partial charge on any atom is 0.420 e. The zero-order valence-corrected chi connectivity index (χ0v) is 9.51. The van der Waals surface area contributed by atoms with E-state index in [1.807, 2.05) is 0 Å². The van der Waals surface area contributed by atoms with Crippen LogP contribution in [-0.4, -0.2) is 10.1 Å². The average Bonchev–Trinajstić information content (AvgIpc) is 2.81. The molecule has 0 amide bonds. The zero-order valence-electron chi connectivity index (χ0n) is 8.69. The Hall–Kier alpha value is -2.07. The Kier molecular flexibility index (Phi) is 2.97. The van der Waals surface area contributed by atoms with Crippen LogP contribution >= 0.6 is 11.3 Å². The number of alkyl halides is 3. The van der Waals surface area contributed by atoms with Gasteiger partial charge < -0.3 is 5.11 Å². The topological polar surface area (TPSA) is 56.9 Å². The van der Waals surface area contributed by atoms with E-state index in [9.17, 15) is 18.3 Å². The van der Waals surface area contributed by atoms with Gasteiger partial charge in [0.25, 0.3) is 0 Å². The minimum absolute atomic E-state index is 0.0381. The molecule has 0 bridgehead atoms. The van der Waals surface area contributed by atoms with Crippen LogP contribution in [0.3, 0.4) is 0 Å². The summed E-state index contributed by atoms with van der Waals surface area (Å²) in [6.45, 7) is 0. The average molecular weight is 270 g/mol. The van der Waals surface area contributed by atoms with Crippen LogP contribution in [0, 0.1) is 11.3 Å². The molecule has 0 spiro atoms. The van der Waals surface area contributed by atoms with Gasteiger partial charge in [0.05, 0.1) is 27.6 Å². The third kappa shape index (κ3) is 2.15. The van der Waals surface area contributed by atoms with E-state index >= 15 is 0 Å². The first-order valence-corrected chi connectivity index (χ1v) is 5.54. The lowest BCUT2D eigenvalue weighted by atomic mass is 10.0. The van der Waals surface area contributed by atoms with Crippen LogP contribution in [0.4, 0.5) is 13.2 Å². The summed E-state index contributed by atoms with van der Waals surface area (Å²) in [5.41, 5.74) is 0.0125. The van der Waals surface area contributed by atoms with Crippen LogP contribution in [0.5, 0.6) is 5.75 Å². The highest BCUT2D eigenvalue weighted by molar-refractivity contribution is 7.13. The van der Waals surface area contributed by atoms with Crippen molar-refractivity contribution in [1.29, 1.82) is 5.26 Å². The molecule has 0 saturated heterocycles. The van der Waals surface area contributed by atoms with Crippen molar-refractivity contribution in [2.45, 2.75) is 6.18 Å². The Bertz CT molecular complexity index is 614. The summed E-state index contributed by atoms with van der Waals surface area (Å²) in [7, 11) is 0. The normalized spacial score (nSPS) is 11.2. The molecule has 18 heavy (non-hydrogen) atoms. The molecule has 0 aliphatic rings. The van der Waals surface area contributed by atoms with Gasteiger partial charge in [-0.25, -0.2) is 0 Å². The van der Waals surface area contributed by atoms with Crippen molar-refractivity contribution >= 4 is 11.3 Å². The van der Waals surface area contributed by atoms with Gasteiger partial charge in [0.15, 0.2) is 0 Å². The highest BCUT2D eigenvalue weighted by atomic mass is 32.1. The summed E-state index contributed by atoms with van der Waals surface area (Å²) in [6.07, 6.45) is -3.38. The third-order valence-electron chi connectivity index (χ3n) is 2.24. The predicted octanol–water partition coefficient (Wildman–Crippen LogP) is 3.41. The Morgan fingerprint density at radius 1 is 1.33 bits per heavy atom. The first-order valence-electron chi connectivity index (χ1n) is 4.66. The predicted molar refractivity (Wildman–Crippen MR) is 58.9 cm³/mol. The summed E-state index contributed by atoms with van der Waals surface area (Å²) in [5.74, 6) is -0.884. The van der Waals surface area contributed by atoms with Crippen molar-refractivity contribution in [1.82, 2.24) is 4.98 Å². The SMILES string of the molecule is N#Cc1cc(-c2cncs2)c(O)c(C(F)(F)F)c1. The number of aromatic nitrogens is 1. The Balaban J connectivity index is 2.72. The molecule has 0 fully saturated rings. The molecule has 2 rings (SSSR count). The van der Waals surface area contributed by atoms with E-state index < -0.39 is 17.5 Å². The molecule has 0 atom stereocenters. The van der Waals surface area contributed by atoms with E-state index in [0.717, 1.165) is 11.3 Å². The summed E-state index contributed by atoms with van der Waals surface area (Å²) in [6, 6.07) is 3.47. The smallest absolute Gasteiger partial charge is 0.420 e. The molecule has 0 aliphatic carbocycles. The molecule has 0 unspecified atom stereocenters. The van der Waals surface area contributed by atoms with Crippen LogP contribution in [0.15, 0.2) is 23.8 Å². The molecular weight excluding hydrogens is 265 g/mol. The van der Waals surface area contributed by atoms with E-state index in [1.54, 1.807) is 6.07 Å². The Labute approximate surface area is 104 Å². The van der Waals surface area contributed by atoms with Gasteiger partial charge >= 0.3 is 6.18 Å². The van der Waals surface area contributed by atoms with E-state index in [2.05, 4.69) is 4.98 Å². The van der Waals surface area contributed by atoms with Crippen molar-refractivity contribution in [3.05, 3.63) is 35.0 Å².